The minimum absolute atomic E-state index is 0.0138. The van der Waals surface area contributed by atoms with Gasteiger partial charge in [-0.25, -0.2) is 9.78 Å². The third-order valence-corrected chi connectivity index (χ3v) is 10.1. The number of rotatable bonds is 18. The van der Waals surface area contributed by atoms with Crippen LogP contribution < -0.4 is 5.32 Å². The fraction of sp³-hybridized carbons (Fsp3) is 0.579. The van der Waals surface area contributed by atoms with Crippen molar-refractivity contribution in [2.24, 2.45) is 17.3 Å². The number of hydrogen-bond acceptors (Lipinski definition) is 11. The van der Waals surface area contributed by atoms with Crippen LogP contribution in [0.1, 0.15) is 59.1 Å². The van der Waals surface area contributed by atoms with Gasteiger partial charge in [-0.05, 0) is 51.2 Å². The van der Waals surface area contributed by atoms with Crippen LogP contribution in [0, 0.1) is 24.2 Å². The summed E-state index contributed by atoms with van der Waals surface area (Å²) in [6.07, 6.45) is 14.5. The summed E-state index contributed by atoms with van der Waals surface area (Å²) < 4.78 is 21.6. The van der Waals surface area contributed by atoms with E-state index in [-0.39, 0.29) is 25.5 Å². The summed E-state index contributed by atoms with van der Waals surface area (Å²) in [6, 6.07) is 0. The molecule has 0 bridgehead atoms. The summed E-state index contributed by atoms with van der Waals surface area (Å²) in [5, 5.41) is 36.8. The number of carbonyl (C=O) groups excluding carboxylic acids is 3. The molecule has 0 aromatic carbocycles. The van der Waals surface area contributed by atoms with E-state index < -0.39 is 64.7 Å². The predicted molar refractivity (Wildman–Crippen MR) is 191 cm³/mol. The molecule has 4 N–H and O–H groups in total. The van der Waals surface area contributed by atoms with Crippen LogP contribution in [-0.4, -0.2) is 113 Å². The zero-order chi connectivity index (χ0) is 38.1. The van der Waals surface area contributed by atoms with Gasteiger partial charge in [0.05, 0.1) is 42.4 Å². The maximum absolute atomic E-state index is 13.1. The molecule has 13 nitrogen and oxygen atoms in total. The molecule has 2 aliphatic heterocycles. The Kier molecular flexibility index (Phi) is 14.3. The molecule has 13 heteroatoms. The quantitative estimate of drug-likeness (QED) is 0.130. The van der Waals surface area contributed by atoms with Gasteiger partial charge in [-0.1, -0.05) is 62.5 Å². The number of allylic oxidation sites excluding steroid dienone is 6. The topological polar surface area (TPSA) is 181 Å². The van der Waals surface area contributed by atoms with Gasteiger partial charge in [0.15, 0.2) is 12.0 Å². The number of aromatic nitrogens is 1. The summed E-state index contributed by atoms with van der Waals surface area (Å²) in [5.74, 6) is -1.60. The van der Waals surface area contributed by atoms with Crippen LogP contribution in [0.5, 0.6) is 0 Å². The molecule has 1 aromatic rings. The number of amides is 2. The molecule has 0 saturated carbocycles. The van der Waals surface area contributed by atoms with Crippen LogP contribution in [0.3, 0.4) is 0 Å². The second kappa shape index (κ2) is 17.6. The molecular weight excluding hydrogens is 658 g/mol. The molecule has 2 aliphatic rings. The van der Waals surface area contributed by atoms with Gasteiger partial charge in [-0.2, -0.15) is 0 Å². The second-order valence-electron chi connectivity index (χ2n) is 13.9. The van der Waals surface area contributed by atoms with Gasteiger partial charge < -0.3 is 44.2 Å². The van der Waals surface area contributed by atoms with Crippen molar-refractivity contribution in [3.63, 3.8) is 0 Å². The lowest BCUT2D eigenvalue weighted by molar-refractivity contribution is -0.264. The number of carbonyl (C=O) groups is 3. The lowest BCUT2D eigenvalue weighted by Crippen LogP contribution is -2.81. The highest BCUT2D eigenvalue weighted by atomic mass is 16.6. The van der Waals surface area contributed by atoms with E-state index >= 15 is 0 Å². The first kappa shape index (κ1) is 41.5. The number of nitrogens with one attached hydrogen (secondary N) is 1. The maximum Gasteiger partial charge on any atom is 0.339 e. The van der Waals surface area contributed by atoms with Crippen molar-refractivity contribution in [2.75, 3.05) is 34.4 Å². The Bertz CT molecular complexity index is 1530. The number of aliphatic hydroxyl groups excluding tert-OH is 2. The summed E-state index contributed by atoms with van der Waals surface area (Å²) >= 11 is 0. The lowest BCUT2D eigenvalue weighted by atomic mass is 9.65. The number of hydrogen-bond donors (Lipinski definition) is 4. The number of esters is 1. The Morgan fingerprint density at radius 1 is 1.18 bits per heavy atom. The lowest BCUT2D eigenvalue weighted by Gasteiger charge is -2.56. The highest BCUT2D eigenvalue weighted by Gasteiger charge is 2.81. The van der Waals surface area contributed by atoms with Gasteiger partial charge in [0.1, 0.15) is 11.4 Å². The molecular formula is C38H55N3O10. The zero-order valence-electron chi connectivity index (χ0n) is 31.2. The van der Waals surface area contributed by atoms with Gasteiger partial charge in [0.2, 0.25) is 17.4 Å². The highest BCUT2D eigenvalue weighted by Crippen LogP contribution is 2.54. The van der Waals surface area contributed by atoms with Crippen molar-refractivity contribution in [1.29, 1.82) is 0 Å². The van der Waals surface area contributed by atoms with E-state index in [2.05, 4.69) is 10.3 Å². The van der Waals surface area contributed by atoms with E-state index in [9.17, 15) is 29.7 Å². The van der Waals surface area contributed by atoms with Gasteiger partial charge in [0, 0.05) is 34.7 Å². The van der Waals surface area contributed by atoms with Crippen molar-refractivity contribution in [3.05, 3.63) is 72.0 Å². The SMILES string of the molecule is COCC1OC(=O)C12N(C)C(=O)C(C)C2(O)C(CC(C)C(O)C=CC=CCNC(=O)C(C)(C)C(O)C(C)=CC=CCC=Cc1cnc(C)o1)OC. The molecule has 2 amide bonds. The molecule has 1 aromatic heterocycles. The molecule has 1 spiro atoms. The summed E-state index contributed by atoms with van der Waals surface area (Å²) in [7, 11) is 4.30. The standard InChI is InChI=1S/C38H55N3O10/c1-24(17-13-10-11-14-18-28-22-40-27(4)50-28)32(43)36(5,6)34(45)39-20-16-12-15-19-29(42)25(2)21-30(49-9)38(47)26(3)33(44)41(7)37(38)31(23-48-8)51-35(37)46/h10,12-19,22,25-26,29-32,42-43,47H,11,20-21,23H2,1-9H3,(H,39,45). The van der Waals surface area contributed by atoms with E-state index in [0.29, 0.717) is 23.6 Å². The summed E-state index contributed by atoms with van der Waals surface area (Å²) in [6.45, 7) is 10.4. The number of likely N-dealkylation sites (N-methyl/N-ethyl adjacent to an activating group) is 1. The molecule has 0 radical (unpaired) electrons. The van der Waals surface area contributed by atoms with E-state index in [4.69, 9.17) is 18.6 Å². The van der Waals surface area contributed by atoms with Gasteiger partial charge >= 0.3 is 5.97 Å². The Labute approximate surface area is 300 Å². The number of cyclic esters (lactones) is 1. The zero-order valence-corrected chi connectivity index (χ0v) is 31.2. The minimum atomic E-state index is -1.94. The van der Waals surface area contributed by atoms with Crippen molar-refractivity contribution in [3.8, 4) is 0 Å². The average molecular weight is 714 g/mol. The largest absolute Gasteiger partial charge is 0.455 e. The fourth-order valence-electron chi connectivity index (χ4n) is 6.86. The normalized spacial score (nSPS) is 26.8. The second-order valence-corrected chi connectivity index (χ2v) is 13.9. The molecule has 8 unspecified atom stereocenters. The van der Waals surface area contributed by atoms with Gasteiger partial charge in [-0.15, -0.1) is 0 Å². The van der Waals surface area contributed by atoms with Crippen LogP contribution in [0.15, 0.2) is 64.8 Å². The summed E-state index contributed by atoms with van der Waals surface area (Å²) in [5.41, 5.74) is -4.07. The highest BCUT2D eigenvalue weighted by molar-refractivity contribution is 6.00. The van der Waals surface area contributed by atoms with Crippen molar-refractivity contribution >= 4 is 23.9 Å². The van der Waals surface area contributed by atoms with E-state index in [1.807, 2.05) is 24.3 Å². The average Bonchev–Trinajstić information content (AvgIpc) is 3.58. The first-order valence-corrected chi connectivity index (χ1v) is 17.1. The summed E-state index contributed by atoms with van der Waals surface area (Å²) in [4.78, 5) is 44.3. The van der Waals surface area contributed by atoms with E-state index in [1.54, 1.807) is 78.1 Å². The number of aliphatic hydroxyl groups is 3. The molecule has 51 heavy (non-hydrogen) atoms. The van der Waals surface area contributed by atoms with Crippen LogP contribution in [0.2, 0.25) is 0 Å². The Balaban J connectivity index is 1.52. The fourth-order valence-corrected chi connectivity index (χ4v) is 6.86. The smallest absolute Gasteiger partial charge is 0.339 e. The molecule has 8 atom stereocenters. The molecule has 2 fully saturated rings. The Morgan fingerprint density at radius 3 is 2.49 bits per heavy atom. The Hall–Kier alpha value is -3.88. The first-order valence-electron chi connectivity index (χ1n) is 17.1. The molecule has 3 heterocycles. The van der Waals surface area contributed by atoms with E-state index in [0.717, 1.165) is 0 Å². The van der Waals surface area contributed by atoms with E-state index in [1.165, 1.54) is 26.2 Å². The first-order chi connectivity index (χ1) is 24.0. The third kappa shape index (κ3) is 8.44. The molecule has 0 aliphatic carbocycles. The van der Waals surface area contributed by atoms with Gasteiger partial charge in [-0.3, -0.25) is 9.59 Å². The third-order valence-electron chi connectivity index (χ3n) is 10.1. The Morgan fingerprint density at radius 2 is 1.88 bits per heavy atom. The monoisotopic (exact) mass is 713 g/mol. The number of ether oxygens (including phenoxy) is 3. The maximum atomic E-state index is 13.1. The number of oxazole rings is 1. The van der Waals surface area contributed by atoms with Crippen LogP contribution in [-0.2, 0) is 28.6 Å². The van der Waals surface area contributed by atoms with Gasteiger partial charge in [0.25, 0.3) is 0 Å². The number of nitrogens with zero attached hydrogens (tertiary/aromatic N) is 2. The predicted octanol–water partition coefficient (Wildman–Crippen LogP) is 3.06. The molecule has 2 saturated heterocycles. The van der Waals surface area contributed by atoms with Crippen LogP contribution in [0.4, 0.5) is 0 Å². The number of likely N-dealkylation sites (tertiary alicyclic amines) is 1. The van der Waals surface area contributed by atoms with Crippen molar-refractivity contribution < 1.29 is 48.3 Å². The number of methoxy groups -OCH3 is 2. The minimum Gasteiger partial charge on any atom is -0.455 e. The van der Waals surface area contributed by atoms with Crippen LogP contribution >= 0.6 is 0 Å². The number of aryl methyl sites for hydroxylation is 1. The van der Waals surface area contributed by atoms with Crippen molar-refractivity contribution in [1.82, 2.24) is 15.2 Å². The van der Waals surface area contributed by atoms with Crippen molar-refractivity contribution in [2.45, 2.75) is 89.9 Å². The molecule has 282 valence electrons. The molecule has 3 rings (SSSR count). The van der Waals surface area contributed by atoms with Crippen LogP contribution in [0.25, 0.3) is 6.08 Å².